The lowest BCUT2D eigenvalue weighted by Crippen LogP contribution is -2.34. The molecular weight excluding hydrogens is 428 g/mol. The summed E-state index contributed by atoms with van der Waals surface area (Å²) < 4.78 is 28.2. The molecule has 0 heterocycles. The molecule has 0 fully saturated rings. The van der Waals surface area contributed by atoms with Crippen LogP contribution in [0, 0.1) is 18.8 Å². The molecule has 1 aliphatic carbocycles. The first kappa shape index (κ1) is 21.9. The maximum absolute atomic E-state index is 12.8. The van der Waals surface area contributed by atoms with Crippen molar-refractivity contribution < 1.29 is 23.1 Å². The van der Waals surface area contributed by atoms with Crippen molar-refractivity contribution in [1.29, 1.82) is 0 Å². The van der Waals surface area contributed by atoms with Gasteiger partial charge in [0.1, 0.15) is 0 Å². The summed E-state index contributed by atoms with van der Waals surface area (Å²) in [4.78, 5) is 24.1. The number of benzene rings is 2. The molecule has 0 saturated carbocycles. The van der Waals surface area contributed by atoms with Crippen LogP contribution in [0.2, 0.25) is 5.02 Å². The Morgan fingerprint density at radius 1 is 1.00 bits per heavy atom. The Hall–Kier alpha value is -2.84. The second-order valence-corrected chi connectivity index (χ2v) is 9.16. The number of rotatable bonds is 6. The number of hydrogen-bond acceptors (Lipinski definition) is 4. The average molecular weight is 449 g/mol. The summed E-state index contributed by atoms with van der Waals surface area (Å²) in [6.07, 6.45) is 4.14. The molecule has 7 nitrogen and oxygen atoms in total. The Balaban J connectivity index is 1.82. The molecular formula is C21H21ClN2O5S. The molecule has 3 rings (SSSR count). The van der Waals surface area contributed by atoms with E-state index in [-0.39, 0.29) is 17.0 Å². The summed E-state index contributed by atoms with van der Waals surface area (Å²) in [7, 11) is -3.91. The third kappa shape index (κ3) is 5.01. The lowest BCUT2D eigenvalue weighted by Gasteiger charge is -2.24. The Labute approximate surface area is 179 Å². The molecule has 30 heavy (non-hydrogen) atoms. The van der Waals surface area contributed by atoms with Crippen molar-refractivity contribution in [2.75, 3.05) is 10.0 Å². The number of aliphatic carboxylic acids is 1. The van der Waals surface area contributed by atoms with Gasteiger partial charge in [0.2, 0.25) is 5.91 Å². The van der Waals surface area contributed by atoms with Gasteiger partial charge in [0.05, 0.1) is 16.7 Å². The van der Waals surface area contributed by atoms with Gasteiger partial charge in [0.15, 0.2) is 0 Å². The van der Waals surface area contributed by atoms with E-state index in [0.29, 0.717) is 22.7 Å². The highest BCUT2D eigenvalue weighted by molar-refractivity contribution is 7.92. The molecule has 0 aromatic heterocycles. The van der Waals surface area contributed by atoms with E-state index in [2.05, 4.69) is 10.0 Å². The van der Waals surface area contributed by atoms with E-state index in [1.807, 2.05) is 0 Å². The quantitative estimate of drug-likeness (QED) is 0.577. The van der Waals surface area contributed by atoms with Crippen molar-refractivity contribution >= 4 is 44.9 Å². The van der Waals surface area contributed by atoms with Crippen LogP contribution >= 0.6 is 11.6 Å². The monoisotopic (exact) mass is 448 g/mol. The fourth-order valence-corrected chi connectivity index (χ4v) is 4.76. The van der Waals surface area contributed by atoms with E-state index in [1.165, 1.54) is 6.07 Å². The van der Waals surface area contributed by atoms with Crippen LogP contribution in [0.15, 0.2) is 59.5 Å². The number of nitrogens with one attached hydrogen (secondary N) is 2. The molecule has 9 heteroatoms. The number of carbonyl (C=O) groups is 2. The standard InChI is InChI=1S/C21H21ClN2O5S/c1-13-6-9-16(23-20(25)17-4-2-3-5-18(17)21(26)27)12-19(13)30(28,29)24-15-10-7-14(22)8-11-15/h2-3,6-12,17-18,24H,4-5H2,1H3,(H,23,25)(H,26,27)/t17-,18+/m0/s1. The van der Waals surface area contributed by atoms with Crippen LogP contribution in [0.5, 0.6) is 0 Å². The molecule has 1 amide bonds. The van der Waals surface area contributed by atoms with Crippen LogP contribution < -0.4 is 10.0 Å². The third-order valence-corrected chi connectivity index (χ3v) is 6.70. The van der Waals surface area contributed by atoms with E-state index < -0.39 is 33.7 Å². The first-order valence-corrected chi connectivity index (χ1v) is 11.1. The number of carbonyl (C=O) groups excluding carboxylic acids is 1. The van der Waals surface area contributed by atoms with Gasteiger partial charge in [0.25, 0.3) is 10.0 Å². The van der Waals surface area contributed by atoms with Crippen molar-refractivity contribution in [1.82, 2.24) is 0 Å². The molecule has 1 aliphatic rings. The number of allylic oxidation sites excluding steroid dienone is 2. The topological polar surface area (TPSA) is 113 Å². The Morgan fingerprint density at radius 2 is 1.60 bits per heavy atom. The number of aryl methyl sites for hydroxylation is 1. The number of carboxylic acid groups (broad SMARTS) is 1. The molecule has 2 atom stereocenters. The smallest absolute Gasteiger partial charge is 0.307 e. The minimum absolute atomic E-state index is 0.00794. The predicted octanol–water partition coefficient (Wildman–Crippen LogP) is 4.05. The highest BCUT2D eigenvalue weighted by Gasteiger charge is 2.34. The molecule has 0 unspecified atom stereocenters. The second kappa shape index (κ2) is 8.89. The lowest BCUT2D eigenvalue weighted by atomic mass is 9.82. The summed E-state index contributed by atoms with van der Waals surface area (Å²) in [5.41, 5.74) is 1.13. The van der Waals surface area contributed by atoms with Crippen LogP contribution in [0.3, 0.4) is 0 Å². The fourth-order valence-electron chi connectivity index (χ4n) is 3.31. The normalized spacial score (nSPS) is 18.6. The van der Waals surface area contributed by atoms with Crippen LogP contribution in [0.4, 0.5) is 11.4 Å². The molecule has 0 bridgehead atoms. The van der Waals surface area contributed by atoms with Crippen LogP contribution in [0.1, 0.15) is 18.4 Å². The van der Waals surface area contributed by atoms with Crippen molar-refractivity contribution in [3.8, 4) is 0 Å². The summed E-state index contributed by atoms with van der Waals surface area (Å²) in [5, 5.41) is 12.5. The van der Waals surface area contributed by atoms with Gasteiger partial charge in [-0.05, 0) is 61.7 Å². The van der Waals surface area contributed by atoms with Crippen molar-refractivity contribution in [2.24, 2.45) is 11.8 Å². The summed E-state index contributed by atoms with van der Waals surface area (Å²) in [6, 6.07) is 10.8. The first-order chi connectivity index (χ1) is 14.2. The molecule has 0 aliphatic heterocycles. The van der Waals surface area contributed by atoms with Crippen LogP contribution in [0.25, 0.3) is 0 Å². The van der Waals surface area contributed by atoms with E-state index in [1.54, 1.807) is 55.5 Å². The SMILES string of the molecule is Cc1ccc(NC(=O)[C@H]2CC=CC[C@H]2C(=O)O)cc1S(=O)(=O)Nc1ccc(Cl)cc1. The zero-order valence-corrected chi connectivity index (χ0v) is 17.7. The number of anilines is 2. The van der Waals surface area contributed by atoms with E-state index >= 15 is 0 Å². The third-order valence-electron chi connectivity index (χ3n) is 4.93. The minimum atomic E-state index is -3.91. The van der Waals surface area contributed by atoms with E-state index in [9.17, 15) is 23.1 Å². The average Bonchev–Trinajstić information content (AvgIpc) is 2.70. The fraction of sp³-hybridized carbons (Fsp3) is 0.238. The van der Waals surface area contributed by atoms with Gasteiger partial charge in [-0.25, -0.2) is 8.42 Å². The molecule has 2 aromatic carbocycles. The molecule has 0 spiro atoms. The number of carboxylic acids is 1. The number of sulfonamides is 1. The second-order valence-electron chi connectivity index (χ2n) is 7.08. The molecule has 2 aromatic rings. The molecule has 158 valence electrons. The molecule has 0 saturated heterocycles. The Morgan fingerprint density at radius 3 is 2.23 bits per heavy atom. The zero-order chi connectivity index (χ0) is 21.9. The van der Waals surface area contributed by atoms with Crippen LogP contribution in [-0.2, 0) is 19.6 Å². The predicted molar refractivity (Wildman–Crippen MR) is 115 cm³/mol. The maximum Gasteiger partial charge on any atom is 0.307 e. The van der Waals surface area contributed by atoms with E-state index in [4.69, 9.17) is 11.6 Å². The number of halogens is 1. The van der Waals surface area contributed by atoms with Crippen LogP contribution in [-0.4, -0.2) is 25.4 Å². The first-order valence-electron chi connectivity index (χ1n) is 9.25. The van der Waals surface area contributed by atoms with Gasteiger partial charge >= 0.3 is 5.97 Å². The Kier molecular flexibility index (Phi) is 6.48. The molecule has 0 radical (unpaired) electrons. The van der Waals surface area contributed by atoms with Crippen molar-refractivity contribution in [2.45, 2.75) is 24.7 Å². The summed E-state index contributed by atoms with van der Waals surface area (Å²) >= 11 is 5.83. The van der Waals surface area contributed by atoms with Gasteiger partial charge in [-0.3, -0.25) is 14.3 Å². The van der Waals surface area contributed by atoms with Gasteiger partial charge in [-0.1, -0.05) is 29.8 Å². The van der Waals surface area contributed by atoms with Crippen molar-refractivity contribution in [3.05, 3.63) is 65.2 Å². The van der Waals surface area contributed by atoms with Gasteiger partial charge in [-0.2, -0.15) is 0 Å². The zero-order valence-electron chi connectivity index (χ0n) is 16.1. The number of hydrogen-bond donors (Lipinski definition) is 3. The summed E-state index contributed by atoms with van der Waals surface area (Å²) in [5.74, 6) is -3.01. The van der Waals surface area contributed by atoms with Gasteiger partial charge in [0, 0.05) is 16.4 Å². The largest absolute Gasteiger partial charge is 0.481 e. The highest BCUT2D eigenvalue weighted by Crippen LogP contribution is 2.28. The maximum atomic E-state index is 12.8. The highest BCUT2D eigenvalue weighted by atomic mass is 35.5. The summed E-state index contributed by atoms with van der Waals surface area (Å²) in [6.45, 7) is 1.65. The van der Waals surface area contributed by atoms with Gasteiger partial charge < -0.3 is 10.4 Å². The van der Waals surface area contributed by atoms with E-state index in [0.717, 1.165) is 0 Å². The van der Waals surface area contributed by atoms with Gasteiger partial charge in [-0.15, -0.1) is 0 Å². The lowest BCUT2D eigenvalue weighted by molar-refractivity contribution is -0.146. The molecule has 3 N–H and O–H groups in total. The number of amides is 1. The minimum Gasteiger partial charge on any atom is -0.481 e. The van der Waals surface area contributed by atoms with Crippen molar-refractivity contribution in [3.63, 3.8) is 0 Å². The Bertz CT molecular complexity index is 1100.